The van der Waals surface area contributed by atoms with Crippen LogP contribution in [0.3, 0.4) is 0 Å². The summed E-state index contributed by atoms with van der Waals surface area (Å²) in [5.74, 6) is 0.517. The van der Waals surface area contributed by atoms with Crippen molar-refractivity contribution in [3.05, 3.63) is 71.8 Å². The number of aliphatic imine (C=N–C) groups is 2. The minimum absolute atomic E-state index is 0.227. The number of hydrogen-bond acceptors (Lipinski definition) is 5. The summed E-state index contributed by atoms with van der Waals surface area (Å²) in [6, 6.07) is 22.2. The van der Waals surface area contributed by atoms with Gasteiger partial charge in [-0.15, -0.1) is 0 Å². The van der Waals surface area contributed by atoms with Crippen molar-refractivity contribution in [2.24, 2.45) is 15.9 Å². The summed E-state index contributed by atoms with van der Waals surface area (Å²) in [5.41, 5.74) is 4.13. The van der Waals surface area contributed by atoms with E-state index in [2.05, 4.69) is 85.8 Å². The number of hydrogen-bond donors (Lipinski definition) is 1. The van der Waals surface area contributed by atoms with Gasteiger partial charge < -0.3 is 0 Å². The molecule has 168 valence electrons. The average molecular weight is 430 g/mol. The Kier molecular flexibility index (Phi) is 7.07. The lowest BCUT2D eigenvalue weighted by Gasteiger charge is -2.40. The Hall–Kier alpha value is -2.34. The van der Waals surface area contributed by atoms with Crippen LogP contribution in [0.25, 0.3) is 0 Å². The third-order valence-electron chi connectivity index (χ3n) is 7.24. The summed E-state index contributed by atoms with van der Waals surface area (Å²) >= 11 is 0. The average Bonchev–Trinajstić information content (AvgIpc) is 2.87. The van der Waals surface area contributed by atoms with E-state index in [1.807, 2.05) is 0 Å². The summed E-state index contributed by atoms with van der Waals surface area (Å²) in [7, 11) is 0. The van der Waals surface area contributed by atoms with Gasteiger partial charge in [0.15, 0.2) is 0 Å². The summed E-state index contributed by atoms with van der Waals surface area (Å²) in [6.45, 7) is 6.49. The van der Waals surface area contributed by atoms with Crippen LogP contribution in [0.1, 0.15) is 42.9 Å². The van der Waals surface area contributed by atoms with E-state index in [0.29, 0.717) is 12.0 Å². The number of nitrogens with one attached hydrogen (secondary N) is 1. The first kappa shape index (κ1) is 21.5. The molecule has 2 heterocycles. The molecule has 2 fully saturated rings. The second-order valence-electron chi connectivity index (χ2n) is 9.24. The first-order valence-corrected chi connectivity index (χ1v) is 12.3. The maximum atomic E-state index is 4.65. The molecular formula is C27H35N5. The van der Waals surface area contributed by atoms with E-state index >= 15 is 0 Å². The molecule has 2 aromatic rings. The van der Waals surface area contributed by atoms with Crippen LogP contribution in [0.15, 0.2) is 70.6 Å². The zero-order chi connectivity index (χ0) is 21.6. The fraction of sp³-hybridized carbons (Fsp3) is 0.481. The van der Waals surface area contributed by atoms with Crippen molar-refractivity contribution in [2.75, 3.05) is 39.3 Å². The molecule has 32 heavy (non-hydrogen) atoms. The molecule has 1 aliphatic carbocycles. The molecular weight excluding hydrogens is 394 g/mol. The van der Waals surface area contributed by atoms with Crippen molar-refractivity contribution in [1.82, 2.24) is 15.1 Å². The largest absolute Gasteiger partial charge is 0.300 e. The lowest BCUT2D eigenvalue weighted by atomic mass is 9.84. The van der Waals surface area contributed by atoms with Gasteiger partial charge in [-0.3, -0.25) is 20.1 Å². The predicted octanol–water partition coefficient (Wildman–Crippen LogP) is 3.98. The first-order valence-electron chi connectivity index (χ1n) is 12.3. The normalized spacial score (nSPS) is 24.3. The highest BCUT2D eigenvalue weighted by molar-refractivity contribution is 5.94. The molecule has 2 aromatic carbocycles. The molecule has 5 heteroatoms. The van der Waals surface area contributed by atoms with Crippen molar-refractivity contribution >= 4 is 12.1 Å². The second-order valence-corrected chi connectivity index (χ2v) is 9.24. The summed E-state index contributed by atoms with van der Waals surface area (Å²) in [6.07, 6.45) is 6.98. The van der Waals surface area contributed by atoms with Crippen molar-refractivity contribution in [3.8, 4) is 0 Å². The van der Waals surface area contributed by atoms with E-state index in [9.17, 15) is 0 Å². The van der Waals surface area contributed by atoms with E-state index in [-0.39, 0.29) is 6.17 Å². The topological polar surface area (TPSA) is 43.2 Å². The van der Waals surface area contributed by atoms with E-state index < -0.39 is 0 Å². The van der Waals surface area contributed by atoms with Crippen molar-refractivity contribution in [3.63, 3.8) is 0 Å². The third kappa shape index (κ3) is 5.01. The molecule has 1 N–H and O–H groups in total. The maximum absolute atomic E-state index is 4.65. The van der Waals surface area contributed by atoms with Crippen LogP contribution in [-0.2, 0) is 0 Å². The van der Waals surface area contributed by atoms with Crippen LogP contribution >= 0.6 is 0 Å². The Bertz CT molecular complexity index is 863. The summed E-state index contributed by atoms with van der Waals surface area (Å²) in [5, 5.41) is 3.72. The van der Waals surface area contributed by atoms with Gasteiger partial charge in [0, 0.05) is 50.9 Å². The molecule has 2 atom stereocenters. The maximum Gasteiger partial charge on any atom is 0.111 e. The molecule has 0 spiro atoms. The predicted molar refractivity (Wildman–Crippen MR) is 132 cm³/mol. The van der Waals surface area contributed by atoms with Crippen LogP contribution in [0.4, 0.5) is 0 Å². The van der Waals surface area contributed by atoms with Gasteiger partial charge in [0.2, 0.25) is 0 Å². The standard InChI is InChI=1S/C27H35N5/c1-3-9-22(10-4-1)26(23-11-5-2-6-12-23)32-19-17-31(18-20-32)16-15-28-27-24-13-7-8-14-25(24)29-21-30-27/h1-6,9-12,21,24,26-28H,7-8,13-20H2. The van der Waals surface area contributed by atoms with E-state index in [1.165, 1.54) is 36.1 Å². The molecule has 0 radical (unpaired) electrons. The quantitative estimate of drug-likeness (QED) is 0.724. The number of piperazine rings is 1. The van der Waals surface area contributed by atoms with Gasteiger partial charge in [-0.2, -0.15) is 0 Å². The molecule has 0 aromatic heterocycles. The highest BCUT2D eigenvalue weighted by atomic mass is 15.3. The van der Waals surface area contributed by atoms with Gasteiger partial charge >= 0.3 is 0 Å². The zero-order valence-electron chi connectivity index (χ0n) is 18.9. The molecule has 1 saturated carbocycles. The SMILES string of the molecule is C1=NC(NCCN2CCN(C(c3ccccc3)c3ccccc3)CC2)C2CCCCC2=N1. The van der Waals surface area contributed by atoms with Crippen LogP contribution in [0.2, 0.25) is 0 Å². The van der Waals surface area contributed by atoms with Gasteiger partial charge in [0.1, 0.15) is 12.5 Å². The summed E-state index contributed by atoms with van der Waals surface area (Å²) < 4.78 is 0. The van der Waals surface area contributed by atoms with Crippen LogP contribution in [-0.4, -0.2) is 67.3 Å². The van der Waals surface area contributed by atoms with Crippen LogP contribution in [0, 0.1) is 5.92 Å². The van der Waals surface area contributed by atoms with Gasteiger partial charge in [0.25, 0.3) is 0 Å². The molecule has 5 nitrogen and oxygen atoms in total. The zero-order valence-corrected chi connectivity index (χ0v) is 18.9. The number of nitrogens with zero attached hydrogens (tertiary/aromatic N) is 4. The van der Waals surface area contributed by atoms with Gasteiger partial charge in [-0.25, -0.2) is 4.99 Å². The van der Waals surface area contributed by atoms with Gasteiger partial charge in [-0.05, 0) is 30.4 Å². The van der Waals surface area contributed by atoms with Crippen LogP contribution in [0.5, 0.6) is 0 Å². The monoisotopic (exact) mass is 429 g/mol. The number of fused-ring (bicyclic) bond motifs is 1. The second kappa shape index (κ2) is 10.5. The first-order chi connectivity index (χ1) is 15.9. The van der Waals surface area contributed by atoms with E-state index in [1.54, 1.807) is 6.34 Å². The number of rotatable bonds is 7. The Balaban J connectivity index is 1.14. The van der Waals surface area contributed by atoms with E-state index in [0.717, 1.165) is 45.7 Å². The van der Waals surface area contributed by atoms with Gasteiger partial charge in [-0.1, -0.05) is 67.1 Å². The highest BCUT2D eigenvalue weighted by Gasteiger charge is 2.30. The Morgan fingerprint density at radius 3 is 2.25 bits per heavy atom. The molecule has 0 amide bonds. The molecule has 1 saturated heterocycles. The van der Waals surface area contributed by atoms with E-state index in [4.69, 9.17) is 0 Å². The lowest BCUT2D eigenvalue weighted by molar-refractivity contribution is 0.109. The molecule has 2 unspecified atom stereocenters. The van der Waals surface area contributed by atoms with Gasteiger partial charge in [0.05, 0.1) is 6.04 Å². The smallest absolute Gasteiger partial charge is 0.111 e. The lowest BCUT2D eigenvalue weighted by Crippen LogP contribution is -2.50. The fourth-order valence-electron chi connectivity index (χ4n) is 5.50. The highest BCUT2D eigenvalue weighted by Crippen LogP contribution is 2.30. The fourth-order valence-corrected chi connectivity index (χ4v) is 5.50. The molecule has 3 aliphatic rings. The Morgan fingerprint density at radius 1 is 0.875 bits per heavy atom. The summed E-state index contributed by atoms with van der Waals surface area (Å²) in [4.78, 5) is 14.4. The van der Waals surface area contributed by atoms with Crippen molar-refractivity contribution in [1.29, 1.82) is 0 Å². The minimum Gasteiger partial charge on any atom is -0.300 e. The third-order valence-corrected chi connectivity index (χ3v) is 7.24. The van der Waals surface area contributed by atoms with Crippen molar-refractivity contribution in [2.45, 2.75) is 37.9 Å². The molecule has 0 bridgehead atoms. The van der Waals surface area contributed by atoms with Crippen molar-refractivity contribution < 1.29 is 0 Å². The Morgan fingerprint density at radius 2 is 1.56 bits per heavy atom. The molecule has 5 rings (SSSR count). The molecule has 2 aliphatic heterocycles. The Labute approximate surface area is 192 Å². The minimum atomic E-state index is 0.227. The number of benzene rings is 2. The van der Waals surface area contributed by atoms with Crippen LogP contribution < -0.4 is 5.32 Å².